The van der Waals surface area contributed by atoms with Crippen LogP contribution in [0.4, 0.5) is 5.69 Å². The van der Waals surface area contributed by atoms with Gasteiger partial charge < -0.3 is 14.7 Å². The van der Waals surface area contributed by atoms with Gasteiger partial charge in [0.1, 0.15) is 0 Å². The summed E-state index contributed by atoms with van der Waals surface area (Å²) in [7, 11) is 3.69. The molecule has 1 aromatic carbocycles. The van der Waals surface area contributed by atoms with Crippen LogP contribution in [0.2, 0.25) is 0 Å². The SMILES string of the molecule is COC/C=C(\C)N(C)c1ccc(C(C)O)cc1. The lowest BCUT2D eigenvalue weighted by Crippen LogP contribution is -2.14. The summed E-state index contributed by atoms with van der Waals surface area (Å²) < 4.78 is 5.01. The molecule has 0 aliphatic rings. The molecule has 0 saturated carbocycles. The molecule has 1 atom stereocenters. The molecule has 0 heterocycles. The molecule has 0 spiro atoms. The highest BCUT2D eigenvalue weighted by molar-refractivity contribution is 5.51. The maximum absolute atomic E-state index is 9.44. The lowest BCUT2D eigenvalue weighted by molar-refractivity contribution is 0.199. The lowest BCUT2D eigenvalue weighted by atomic mass is 10.1. The number of aliphatic hydroxyl groups excluding tert-OH is 1. The molecule has 0 radical (unpaired) electrons. The minimum atomic E-state index is -0.417. The Bertz CT molecular complexity index is 368. The standard InChI is InChI=1S/C14H21NO2/c1-11(9-10-17-4)15(3)14-7-5-13(6-8-14)12(2)16/h5-9,12,16H,10H2,1-4H3/b11-9+. The van der Waals surface area contributed by atoms with Crippen LogP contribution in [-0.2, 0) is 4.74 Å². The number of rotatable bonds is 5. The first-order valence-corrected chi connectivity index (χ1v) is 5.73. The fourth-order valence-electron chi connectivity index (χ4n) is 1.52. The number of benzene rings is 1. The van der Waals surface area contributed by atoms with E-state index in [4.69, 9.17) is 4.74 Å². The van der Waals surface area contributed by atoms with Gasteiger partial charge in [-0.05, 0) is 37.6 Å². The predicted octanol–water partition coefficient (Wildman–Crippen LogP) is 2.73. The van der Waals surface area contributed by atoms with Crippen LogP contribution >= 0.6 is 0 Å². The topological polar surface area (TPSA) is 32.7 Å². The Morgan fingerprint density at radius 1 is 1.41 bits per heavy atom. The van der Waals surface area contributed by atoms with E-state index in [0.29, 0.717) is 6.61 Å². The van der Waals surface area contributed by atoms with E-state index in [1.54, 1.807) is 14.0 Å². The smallest absolute Gasteiger partial charge is 0.0761 e. The third-order valence-corrected chi connectivity index (χ3v) is 2.84. The number of ether oxygens (including phenoxy) is 1. The van der Waals surface area contributed by atoms with Gasteiger partial charge >= 0.3 is 0 Å². The highest BCUT2D eigenvalue weighted by atomic mass is 16.5. The Labute approximate surface area is 103 Å². The van der Waals surface area contributed by atoms with E-state index in [1.165, 1.54) is 0 Å². The molecule has 0 saturated heterocycles. The lowest BCUT2D eigenvalue weighted by Gasteiger charge is -2.20. The third kappa shape index (κ3) is 3.88. The second-order valence-corrected chi connectivity index (χ2v) is 4.13. The highest BCUT2D eigenvalue weighted by Gasteiger charge is 2.04. The Morgan fingerprint density at radius 3 is 2.47 bits per heavy atom. The number of methoxy groups -OCH3 is 1. The molecule has 3 nitrogen and oxygen atoms in total. The number of anilines is 1. The van der Waals surface area contributed by atoms with Gasteiger partial charge in [-0.1, -0.05) is 12.1 Å². The van der Waals surface area contributed by atoms with Crippen molar-refractivity contribution in [2.75, 3.05) is 25.7 Å². The zero-order chi connectivity index (χ0) is 12.8. The van der Waals surface area contributed by atoms with Crippen LogP contribution in [-0.4, -0.2) is 25.9 Å². The zero-order valence-corrected chi connectivity index (χ0v) is 11.0. The first-order valence-electron chi connectivity index (χ1n) is 5.73. The van der Waals surface area contributed by atoms with E-state index in [0.717, 1.165) is 16.9 Å². The second kappa shape index (κ2) is 6.42. The summed E-state index contributed by atoms with van der Waals surface area (Å²) in [6.45, 7) is 4.42. The molecule has 1 rings (SSSR count). The Kier molecular flexibility index (Phi) is 5.19. The number of nitrogens with zero attached hydrogens (tertiary/aromatic N) is 1. The van der Waals surface area contributed by atoms with E-state index >= 15 is 0 Å². The summed E-state index contributed by atoms with van der Waals surface area (Å²) in [5.41, 5.74) is 3.16. The van der Waals surface area contributed by atoms with E-state index in [9.17, 15) is 5.11 Å². The Morgan fingerprint density at radius 2 is 2.00 bits per heavy atom. The number of hydrogen-bond acceptors (Lipinski definition) is 3. The predicted molar refractivity (Wildman–Crippen MR) is 71.1 cm³/mol. The third-order valence-electron chi connectivity index (χ3n) is 2.84. The molecule has 0 amide bonds. The molecule has 0 aromatic heterocycles. The molecule has 0 aliphatic heterocycles. The van der Waals surface area contributed by atoms with Crippen LogP contribution in [0.1, 0.15) is 25.5 Å². The van der Waals surface area contributed by atoms with Crippen molar-refractivity contribution in [2.45, 2.75) is 20.0 Å². The van der Waals surface area contributed by atoms with Gasteiger partial charge in [-0.3, -0.25) is 0 Å². The van der Waals surface area contributed by atoms with Crippen LogP contribution in [0.15, 0.2) is 36.0 Å². The van der Waals surface area contributed by atoms with E-state index in [2.05, 4.69) is 4.90 Å². The number of hydrogen-bond donors (Lipinski definition) is 1. The Balaban J connectivity index is 2.79. The van der Waals surface area contributed by atoms with Gasteiger partial charge in [-0.15, -0.1) is 0 Å². The molecule has 0 fully saturated rings. The summed E-state index contributed by atoms with van der Waals surface area (Å²) in [4.78, 5) is 2.09. The van der Waals surface area contributed by atoms with Crippen molar-refractivity contribution in [3.8, 4) is 0 Å². The average Bonchev–Trinajstić information content (AvgIpc) is 2.35. The number of allylic oxidation sites excluding steroid dienone is 1. The molecule has 1 aromatic rings. The first-order chi connectivity index (χ1) is 8.06. The van der Waals surface area contributed by atoms with Crippen molar-refractivity contribution in [1.82, 2.24) is 0 Å². The Hall–Kier alpha value is -1.32. The van der Waals surface area contributed by atoms with Gasteiger partial charge in [0.15, 0.2) is 0 Å². The quantitative estimate of drug-likeness (QED) is 0.851. The maximum atomic E-state index is 9.44. The van der Waals surface area contributed by atoms with Crippen molar-refractivity contribution in [1.29, 1.82) is 0 Å². The molecule has 1 unspecified atom stereocenters. The van der Waals surface area contributed by atoms with Gasteiger partial charge in [0.25, 0.3) is 0 Å². The van der Waals surface area contributed by atoms with Gasteiger partial charge in [-0.2, -0.15) is 0 Å². The first kappa shape index (κ1) is 13.7. The van der Waals surface area contributed by atoms with E-state index in [1.807, 2.05) is 44.3 Å². The van der Waals surface area contributed by atoms with Crippen LogP contribution < -0.4 is 4.90 Å². The summed E-state index contributed by atoms with van der Waals surface area (Å²) in [5.74, 6) is 0. The maximum Gasteiger partial charge on any atom is 0.0761 e. The number of aliphatic hydroxyl groups is 1. The minimum Gasteiger partial charge on any atom is -0.389 e. The van der Waals surface area contributed by atoms with Crippen LogP contribution in [0.3, 0.4) is 0 Å². The summed E-state index contributed by atoms with van der Waals surface area (Å²) in [6, 6.07) is 7.90. The van der Waals surface area contributed by atoms with Gasteiger partial charge in [0.05, 0.1) is 12.7 Å². The molecular weight excluding hydrogens is 214 g/mol. The molecule has 3 heteroatoms. The zero-order valence-electron chi connectivity index (χ0n) is 11.0. The van der Waals surface area contributed by atoms with E-state index in [-0.39, 0.29) is 0 Å². The van der Waals surface area contributed by atoms with Gasteiger partial charge in [-0.25, -0.2) is 0 Å². The fraction of sp³-hybridized carbons (Fsp3) is 0.429. The minimum absolute atomic E-state index is 0.417. The largest absolute Gasteiger partial charge is 0.389 e. The van der Waals surface area contributed by atoms with Gasteiger partial charge in [0, 0.05) is 25.5 Å². The normalized spacial score (nSPS) is 13.6. The molecule has 17 heavy (non-hydrogen) atoms. The summed E-state index contributed by atoms with van der Waals surface area (Å²) in [5, 5.41) is 9.44. The summed E-state index contributed by atoms with van der Waals surface area (Å²) >= 11 is 0. The van der Waals surface area contributed by atoms with Crippen molar-refractivity contribution in [3.05, 3.63) is 41.6 Å². The van der Waals surface area contributed by atoms with Crippen LogP contribution in [0, 0.1) is 0 Å². The molecule has 0 bridgehead atoms. The molecule has 94 valence electrons. The van der Waals surface area contributed by atoms with Gasteiger partial charge in [0.2, 0.25) is 0 Å². The summed E-state index contributed by atoms with van der Waals surface area (Å²) in [6.07, 6.45) is 1.61. The van der Waals surface area contributed by atoms with Crippen molar-refractivity contribution in [3.63, 3.8) is 0 Å². The van der Waals surface area contributed by atoms with Crippen LogP contribution in [0.25, 0.3) is 0 Å². The second-order valence-electron chi connectivity index (χ2n) is 4.13. The van der Waals surface area contributed by atoms with Crippen molar-refractivity contribution < 1.29 is 9.84 Å². The monoisotopic (exact) mass is 235 g/mol. The van der Waals surface area contributed by atoms with Crippen molar-refractivity contribution >= 4 is 5.69 Å². The molecular formula is C14H21NO2. The van der Waals surface area contributed by atoms with Crippen LogP contribution in [0.5, 0.6) is 0 Å². The van der Waals surface area contributed by atoms with Crippen molar-refractivity contribution in [2.24, 2.45) is 0 Å². The van der Waals surface area contributed by atoms with E-state index < -0.39 is 6.10 Å². The average molecular weight is 235 g/mol. The molecule has 1 N–H and O–H groups in total. The molecule has 0 aliphatic carbocycles. The highest BCUT2D eigenvalue weighted by Crippen LogP contribution is 2.20. The fourth-order valence-corrected chi connectivity index (χ4v) is 1.52.